The fourth-order valence-corrected chi connectivity index (χ4v) is 4.11. The number of hydrogen-bond acceptors (Lipinski definition) is 4. The van der Waals surface area contributed by atoms with Crippen molar-refractivity contribution in [3.05, 3.63) is 112 Å². The van der Waals surface area contributed by atoms with Gasteiger partial charge in [-0.3, -0.25) is 4.79 Å². The predicted molar refractivity (Wildman–Crippen MR) is 124 cm³/mol. The van der Waals surface area contributed by atoms with Gasteiger partial charge in [0.05, 0.1) is 24.4 Å². The Kier molecular flexibility index (Phi) is 5.40. The van der Waals surface area contributed by atoms with Gasteiger partial charge in [-0.1, -0.05) is 42.5 Å². The molecule has 0 fully saturated rings. The summed E-state index contributed by atoms with van der Waals surface area (Å²) in [5.41, 5.74) is 3.34. The second kappa shape index (κ2) is 8.52. The lowest BCUT2D eigenvalue weighted by molar-refractivity contribution is 0.0532. The predicted octanol–water partition coefficient (Wildman–Crippen LogP) is 5.05. The van der Waals surface area contributed by atoms with Crippen LogP contribution in [0, 0.1) is 5.82 Å². The SMILES string of the molecule is C[C@@H](OCc1cn(Cc2ccc(F)cc2)c2cnc3c(=O)n(O)ccc3c12)c1ccccc1. The number of halogens is 1. The third-order valence-electron chi connectivity index (χ3n) is 5.86. The van der Waals surface area contributed by atoms with Gasteiger partial charge in [0.25, 0.3) is 0 Å². The van der Waals surface area contributed by atoms with Crippen molar-refractivity contribution in [3.8, 4) is 0 Å². The average molecular weight is 443 g/mol. The molecule has 2 aromatic carbocycles. The minimum atomic E-state index is -0.579. The number of benzene rings is 2. The van der Waals surface area contributed by atoms with Crippen molar-refractivity contribution in [2.24, 2.45) is 0 Å². The van der Waals surface area contributed by atoms with E-state index in [2.05, 4.69) is 4.98 Å². The van der Waals surface area contributed by atoms with E-state index in [1.165, 1.54) is 18.3 Å². The van der Waals surface area contributed by atoms with Gasteiger partial charge >= 0.3 is 5.56 Å². The Morgan fingerprint density at radius 2 is 1.85 bits per heavy atom. The van der Waals surface area contributed by atoms with Crippen LogP contribution in [0.2, 0.25) is 0 Å². The lowest BCUT2D eigenvalue weighted by Crippen LogP contribution is -2.17. The molecular weight excluding hydrogens is 421 g/mol. The van der Waals surface area contributed by atoms with Crippen molar-refractivity contribution >= 4 is 21.8 Å². The minimum absolute atomic E-state index is 0.121. The van der Waals surface area contributed by atoms with Crippen LogP contribution in [0.3, 0.4) is 0 Å². The molecule has 1 atom stereocenters. The lowest BCUT2D eigenvalue weighted by atomic mass is 10.1. The summed E-state index contributed by atoms with van der Waals surface area (Å²) < 4.78 is 22.1. The van der Waals surface area contributed by atoms with E-state index >= 15 is 0 Å². The summed E-state index contributed by atoms with van der Waals surface area (Å²) in [6.45, 7) is 2.83. The van der Waals surface area contributed by atoms with Crippen LogP contribution in [0.25, 0.3) is 21.8 Å². The zero-order valence-corrected chi connectivity index (χ0v) is 18.0. The Bertz CT molecular complexity index is 1490. The van der Waals surface area contributed by atoms with Gasteiger partial charge in [-0.25, -0.2) is 9.37 Å². The zero-order valence-electron chi connectivity index (χ0n) is 18.0. The molecule has 33 heavy (non-hydrogen) atoms. The van der Waals surface area contributed by atoms with Crippen molar-refractivity contribution in [1.29, 1.82) is 0 Å². The highest BCUT2D eigenvalue weighted by molar-refractivity contribution is 6.06. The zero-order chi connectivity index (χ0) is 22.9. The summed E-state index contributed by atoms with van der Waals surface area (Å²) in [7, 11) is 0. The molecule has 5 rings (SSSR count). The summed E-state index contributed by atoms with van der Waals surface area (Å²) in [6, 6.07) is 18.0. The Morgan fingerprint density at radius 1 is 1.09 bits per heavy atom. The van der Waals surface area contributed by atoms with Crippen LogP contribution >= 0.6 is 0 Å². The van der Waals surface area contributed by atoms with Gasteiger partial charge in [-0.15, -0.1) is 0 Å². The molecule has 0 aliphatic rings. The number of pyridine rings is 2. The summed E-state index contributed by atoms with van der Waals surface area (Å²) >= 11 is 0. The second-order valence-corrected chi connectivity index (χ2v) is 8.02. The molecule has 0 saturated carbocycles. The van der Waals surface area contributed by atoms with Gasteiger partial charge in [0.1, 0.15) is 11.3 Å². The molecule has 166 valence electrons. The van der Waals surface area contributed by atoms with E-state index in [0.717, 1.165) is 27.6 Å². The van der Waals surface area contributed by atoms with E-state index in [1.807, 2.05) is 48.0 Å². The van der Waals surface area contributed by atoms with Crippen molar-refractivity contribution in [1.82, 2.24) is 14.3 Å². The molecule has 3 heterocycles. The average Bonchev–Trinajstić information content (AvgIpc) is 3.19. The number of fused-ring (bicyclic) bond motifs is 3. The molecule has 0 saturated heterocycles. The van der Waals surface area contributed by atoms with Crippen LogP contribution in [0.15, 0.2) is 84.0 Å². The van der Waals surface area contributed by atoms with Crippen molar-refractivity contribution in [2.75, 3.05) is 0 Å². The molecule has 6 nitrogen and oxygen atoms in total. The number of nitrogens with zero attached hydrogens (tertiary/aromatic N) is 3. The minimum Gasteiger partial charge on any atom is -0.425 e. The van der Waals surface area contributed by atoms with Crippen LogP contribution < -0.4 is 5.56 Å². The van der Waals surface area contributed by atoms with Gasteiger partial charge < -0.3 is 14.5 Å². The molecule has 7 heteroatoms. The Hall–Kier alpha value is -3.97. The van der Waals surface area contributed by atoms with Crippen molar-refractivity contribution in [3.63, 3.8) is 0 Å². The first kappa shape index (κ1) is 20.9. The Morgan fingerprint density at radius 3 is 2.61 bits per heavy atom. The first-order chi connectivity index (χ1) is 16.0. The van der Waals surface area contributed by atoms with E-state index in [-0.39, 0.29) is 17.4 Å². The first-order valence-electron chi connectivity index (χ1n) is 10.6. The van der Waals surface area contributed by atoms with E-state index in [4.69, 9.17) is 4.74 Å². The highest BCUT2D eigenvalue weighted by Gasteiger charge is 2.17. The van der Waals surface area contributed by atoms with Gasteiger partial charge in [-0.2, -0.15) is 4.73 Å². The fraction of sp³-hybridized carbons (Fsp3) is 0.154. The molecule has 0 amide bonds. The first-order valence-corrected chi connectivity index (χ1v) is 10.6. The molecule has 0 radical (unpaired) electrons. The quantitative estimate of drug-likeness (QED) is 0.373. The van der Waals surface area contributed by atoms with Gasteiger partial charge in [0, 0.05) is 35.3 Å². The lowest BCUT2D eigenvalue weighted by Gasteiger charge is -2.13. The number of rotatable bonds is 6. The standard InChI is InChI=1S/C26H22FN3O3/c1-17(19-5-3-2-4-6-19)33-16-20-15-29(14-18-7-9-21(27)10-8-18)23-13-28-25-22(24(20)23)11-12-30(32)26(25)31/h2-13,15,17,32H,14,16H2,1H3/t17-/m1/s1. The van der Waals surface area contributed by atoms with Crippen LogP contribution in [-0.2, 0) is 17.9 Å². The Labute approximate surface area is 189 Å². The summed E-state index contributed by atoms with van der Waals surface area (Å²) in [5, 5.41) is 11.3. The Balaban J connectivity index is 1.59. The largest absolute Gasteiger partial charge is 0.425 e. The van der Waals surface area contributed by atoms with Crippen LogP contribution in [0.4, 0.5) is 4.39 Å². The number of aromatic nitrogens is 3. The van der Waals surface area contributed by atoms with Crippen LogP contribution in [0.5, 0.6) is 0 Å². The van der Waals surface area contributed by atoms with Crippen molar-refractivity contribution < 1.29 is 14.3 Å². The van der Waals surface area contributed by atoms with Crippen molar-refractivity contribution in [2.45, 2.75) is 26.2 Å². The fourth-order valence-electron chi connectivity index (χ4n) is 4.11. The van der Waals surface area contributed by atoms with E-state index in [9.17, 15) is 14.4 Å². The summed E-state index contributed by atoms with van der Waals surface area (Å²) in [6.07, 6.45) is 4.81. The highest BCUT2D eigenvalue weighted by atomic mass is 19.1. The molecule has 1 N–H and O–H groups in total. The smallest absolute Gasteiger partial charge is 0.309 e. The third-order valence-corrected chi connectivity index (χ3v) is 5.86. The molecule has 5 aromatic rings. The highest BCUT2D eigenvalue weighted by Crippen LogP contribution is 2.30. The molecule has 0 unspecified atom stereocenters. The number of hydrogen-bond donors (Lipinski definition) is 1. The molecular formula is C26H22FN3O3. The molecule has 0 aliphatic heterocycles. The molecule has 0 spiro atoms. The number of ether oxygens (including phenoxy) is 1. The van der Waals surface area contributed by atoms with Gasteiger partial charge in [0.2, 0.25) is 0 Å². The monoisotopic (exact) mass is 443 g/mol. The normalized spacial score (nSPS) is 12.4. The molecule has 0 aliphatic carbocycles. The van der Waals surface area contributed by atoms with Crippen LogP contribution in [0.1, 0.15) is 29.7 Å². The third kappa shape index (κ3) is 3.99. The maximum absolute atomic E-state index is 13.4. The summed E-state index contributed by atoms with van der Waals surface area (Å²) in [4.78, 5) is 16.8. The maximum Gasteiger partial charge on any atom is 0.309 e. The van der Waals surface area contributed by atoms with Gasteiger partial charge in [-0.05, 0) is 36.2 Å². The molecule has 0 bridgehead atoms. The molecule has 3 aromatic heterocycles. The topological polar surface area (TPSA) is 69.3 Å². The van der Waals surface area contributed by atoms with E-state index < -0.39 is 5.56 Å². The second-order valence-electron chi connectivity index (χ2n) is 8.02. The summed E-state index contributed by atoms with van der Waals surface area (Å²) in [5.74, 6) is -0.284. The maximum atomic E-state index is 13.4. The van der Waals surface area contributed by atoms with E-state index in [0.29, 0.717) is 23.3 Å². The van der Waals surface area contributed by atoms with E-state index in [1.54, 1.807) is 24.4 Å². The van der Waals surface area contributed by atoms with Crippen LogP contribution in [-0.4, -0.2) is 19.5 Å². The van der Waals surface area contributed by atoms with Gasteiger partial charge in [0.15, 0.2) is 0 Å².